The van der Waals surface area contributed by atoms with Crippen molar-refractivity contribution in [2.75, 3.05) is 17.1 Å². The lowest BCUT2D eigenvalue weighted by Crippen LogP contribution is -2.53. The molecule has 0 saturated carbocycles. The van der Waals surface area contributed by atoms with Crippen molar-refractivity contribution in [2.45, 2.75) is 52.2 Å². The molecule has 0 heterocycles. The predicted molar refractivity (Wildman–Crippen MR) is 128 cm³/mol. The SMILES string of the molecule is CC[C@H](C)NC(=O)[C@H](CC)N(Cc1ccc(F)cc1)C(=O)CN(c1ccccc1F)S(C)(=O)=O. The molecule has 0 aliphatic heterocycles. The van der Waals surface area contributed by atoms with E-state index in [1.165, 1.54) is 47.4 Å². The van der Waals surface area contributed by atoms with Gasteiger partial charge in [-0.25, -0.2) is 17.2 Å². The van der Waals surface area contributed by atoms with Gasteiger partial charge in [-0.2, -0.15) is 0 Å². The number of sulfonamides is 1. The normalized spacial score (nSPS) is 13.1. The summed E-state index contributed by atoms with van der Waals surface area (Å²) in [4.78, 5) is 27.7. The molecular weight excluding hydrogens is 464 g/mol. The van der Waals surface area contributed by atoms with Gasteiger partial charge in [-0.15, -0.1) is 0 Å². The van der Waals surface area contributed by atoms with Crippen LogP contribution in [0.5, 0.6) is 0 Å². The van der Waals surface area contributed by atoms with Gasteiger partial charge >= 0.3 is 0 Å². The number of benzene rings is 2. The van der Waals surface area contributed by atoms with Crippen molar-refractivity contribution in [1.29, 1.82) is 0 Å². The van der Waals surface area contributed by atoms with Gasteiger partial charge < -0.3 is 10.2 Å². The van der Waals surface area contributed by atoms with Crippen LogP contribution < -0.4 is 9.62 Å². The number of para-hydroxylation sites is 1. The standard InChI is InChI=1S/C24H31F2N3O4S/c1-5-17(3)27-24(31)21(6-2)28(15-18-11-13-19(25)14-12-18)23(30)16-29(34(4,32)33)22-10-8-7-9-20(22)26/h7-14,17,21H,5-6,15-16H2,1-4H3,(H,27,31)/t17-,21-/m0/s1. The summed E-state index contributed by atoms with van der Waals surface area (Å²) in [5, 5.41) is 2.85. The summed E-state index contributed by atoms with van der Waals surface area (Å²) in [7, 11) is -4.03. The minimum absolute atomic E-state index is 0.0551. The number of carbonyl (C=O) groups excluding carboxylic acids is 2. The quantitative estimate of drug-likeness (QED) is 0.517. The van der Waals surface area contributed by atoms with E-state index in [1.807, 2.05) is 13.8 Å². The third-order valence-corrected chi connectivity index (χ3v) is 6.58. The van der Waals surface area contributed by atoms with Crippen molar-refractivity contribution in [1.82, 2.24) is 10.2 Å². The van der Waals surface area contributed by atoms with Crippen LogP contribution in [0, 0.1) is 11.6 Å². The molecule has 0 aliphatic rings. The number of rotatable bonds is 11. The molecule has 2 aromatic carbocycles. The van der Waals surface area contributed by atoms with E-state index in [0.29, 0.717) is 16.3 Å². The molecule has 34 heavy (non-hydrogen) atoms. The maximum atomic E-state index is 14.4. The highest BCUT2D eigenvalue weighted by atomic mass is 32.2. The molecule has 0 aliphatic carbocycles. The molecule has 0 aromatic heterocycles. The van der Waals surface area contributed by atoms with Gasteiger partial charge in [0.2, 0.25) is 21.8 Å². The summed E-state index contributed by atoms with van der Waals surface area (Å²) in [6.45, 7) is 4.72. The fourth-order valence-corrected chi connectivity index (χ4v) is 4.25. The summed E-state index contributed by atoms with van der Waals surface area (Å²) in [6, 6.07) is 9.65. The average Bonchev–Trinajstić information content (AvgIpc) is 2.78. The summed E-state index contributed by atoms with van der Waals surface area (Å²) in [5.74, 6) is -2.33. The summed E-state index contributed by atoms with van der Waals surface area (Å²) >= 11 is 0. The minimum Gasteiger partial charge on any atom is -0.352 e. The first-order valence-electron chi connectivity index (χ1n) is 11.0. The van der Waals surface area contributed by atoms with E-state index in [9.17, 15) is 26.8 Å². The molecule has 2 amide bonds. The number of halogens is 2. The van der Waals surface area contributed by atoms with E-state index in [2.05, 4.69) is 5.32 Å². The van der Waals surface area contributed by atoms with Gasteiger partial charge in [0.05, 0.1) is 11.9 Å². The lowest BCUT2D eigenvalue weighted by Gasteiger charge is -2.33. The zero-order valence-corrected chi connectivity index (χ0v) is 20.6. The molecule has 0 saturated heterocycles. The summed E-state index contributed by atoms with van der Waals surface area (Å²) in [5.41, 5.74) is 0.290. The smallest absolute Gasteiger partial charge is 0.244 e. The van der Waals surface area contributed by atoms with Crippen LogP contribution in [0.1, 0.15) is 39.2 Å². The van der Waals surface area contributed by atoms with Crippen molar-refractivity contribution in [3.8, 4) is 0 Å². The van der Waals surface area contributed by atoms with Crippen LogP contribution in [0.15, 0.2) is 48.5 Å². The molecule has 0 radical (unpaired) electrons. The van der Waals surface area contributed by atoms with Crippen molar-refractivity contribution in [2.24, 2.45) is 0 Å². The van der Waals surface area contributed by atoms with Gasteiger partial charge in [0.25, 0.3) is 0 Å². The summed E-state index contributed by atoms with van der Waals surface area (Å²) < 4.78 is 53.4. The Labute approximate surface area is 199 Å². The van der Waals surface area contributed by atoms with Crippen LogP contribution in [-0.4, -0.2) is 50.0 Å². The lowest BCUT2D eigenvalue weighted by molar-refractivity contribution is -0.140. The van der Waals surface area contributed by atoms with Gasteiger partial charge in [-0.1, -0.05) is 38.1 Å². The molecule has 0 bridgehead atoms. The van der Waals surface area contributed by atoms with Gasteiger partial charge in [-0.05, 0) is 49.6 Å². The fourth-order valence-electron chi connectivity index (χ4n) is 3.40. The Morgan fingerprint density at radius 2 is 1.62 bits per heavy atom. The van der Waals surface area contributed by atoms with Gasteiger partial charge in [0.1, 0.15) is 24.2 Å². The van der Waals surface area contributed by atoms with Crippen molar-refractivity contribution in [3.05, 3.63) is 65.7 Å². The van der Waals surface area contributed by atoms with Crippen molar-refractivity contribution < 1.29 is 26.8 Å². The molecule has 2 atom stereocenters. The van der Waals surface area contributed by atoms with E-state index < -0.39 is 40.2 Å². The molecule has 2 rings (SSSR count). The van der Waals surface area contributed by atoms with Crippen LogP contribution in [0.4, 0.5) is 14.5 Å². The van der Waals surface area contributed by atoms with Gasteiger partial charge in [0.15, 0.2) is 0 Å². The first-order valence-corrected chi connectivity index (χ1v) is 12.9. The molecule has 7 nitrogen and oxygen atoms in total. The highest BCUT2D eigenvalue weighted by Gasteiger charge is 2.32. The number of nitrogens with one attached hydrogen (secondary N) is 1. The zero-order valence-electron chi connectivity index (χ0n) is 19.8. The number of anilines is 1. The van der Waals surface area contributed by atoms with Crippen molar-refractivity contribution in [3.63, 3.8) is 0 Å². The number of hydrogen-bond acceptors (Lipinski definition) is 4. The molecule has 0 unspecified atom stereocenters. The Bertz CT molecular complexity index is 1090. The number of amides is 2. The molecule has 10 heteroatoms. The van der Waals surface area contributed by atoms with Gasteiger partial charge in [0, 0.05) is 12.6 Å². The monoisotopic (exact) mass is 495 g/mol. The van der Waals surface area contributed by atoms with Crippen molar-refractivity contribution >= 4 is 27.5 Å². The maximum Gasteiger partial charge on any atom is 0.244 e. The maximum absolute atomic E-state index is 14.4. The second kappa shape index (κ2) is 11.9. The second-order valence-corrected chi connectivity index (χ2v) is 10.0. The first kappa shape index (κ1) is 27.2. The number of carbonyl (C=O) groups is 2. The topological polar surface area (TPSA) is 86.8 Å². The zero-order chi connectivity index (χ0) is 25.5. The Morgan fingerprint density at radius 3 is 2.15 bits per heavy atom. The summed E-state index contributed by atoms with van der Waals surface area (Å²) in [6.07, 6.45) is 1.82. The Hall–Kier alpha value is -3.01. The molecule has 0 fully saturated rings. The molecule has 1 N–H and O–H groups in total. The lowest BCUT2D eigenvalue weighted by atomic mass is 10.1. The third kappa shape index (κ3) is 7.24. The highest BCUT2D eigenvalue weighted by molar-refractivity contribution is 7.92. The number of nitrogens with zero attached hydrogens (tertiary/aromatic N) is 2. The fraction of sp³-hybridized carbons (Fsp3) is 0.417. The first-order chi connectivity index (χ1) is 16.0. The van der Waals surface area contributed by atoms with Crippen LogP contribution in [0.25, 0.3) is 0 Å². The van der Waals surface area contributed by atoms with E-state index in [-0.39, 0.29) is 30.6 Å². The average molecular weight is 496 g/mol. The minimum atomic E-state index is -4.03. The van der Waals surface area contributed by atoms with E-state index in [4.69, 9.17) is 0 Å². The van der Waals surface area contributed by atoms with Crippen LogP contribution in [0.2, 0.25) is 0 Å². The Balaban J connectivity index is 2.44. The van der Waals surface area contributed by atoms with E-state index in [1.54, 1.807) is 6.92 Å². The van der Waals surface area contributed by atoms with E-state index >= 15 is 0 Å². The van der Waals surface area contributed by atoms with Crippen LogP contribution in [0.3, 0.4) is 0 Å². The van der Waals surface area contributed by atoms with Gasteiger partial charge in [-0.3, -0.25) is 13.9 Å². The molecule has 186 valence electrons. The molecule has 2 aromatic rings. The number of hydrogen-bond donors (Lipinski definition) is 1. The Morgan fingerprint density at radius 1 is 1.00 bits per heavy atom. The largest absolute Gasteiger partial charge is 0.352 e. The molecular formula is C24H31F2N3O4S. The third-order valence-electron chi connectivity index (χ3n) is 5.45. The molecule has 0 spiro atoms. The second-order valence-electron chi connectivity index (χ2n) is 8.11. The predicted octanol–water partition coefficient (Wildman–Crippen LogP) is 3.45. The Kier molecular flexibility index (Phi) is 9.55. The highest BCUT2D eigenvalue weighted by Crippen LogP contribution is 2.22. The van der Waals surface area contributed by atoms with Crippen LogP contribution in [-0.2, 0) is 26.2 Å². The van der Waals surface area contributed by atoms with Crippen LogP contribution >= 0.6 is 0 Å². The van der Waals surface area contributed by atoms with E-state index in [0.717, 1.165) is 12.3 Å².